The van der Waals surface area contributed by atoms with Crippen LogP contribution in [0.15, 0.2) is 18.2 Å². The number of hydrogen-bond donors (Lipinski definition) is 1. The molecule has 0 saturated carbocycles. The summed E-state index contributed by atoms with van der Waals surface area (Å²) >= 11 is 0. The van der Waals surface area contributed by atoms with Crippen LogP contribution >= 0.6 is 0 Å². The molecule has 0 bridgehead atoms. The number of benzene rings is 1. The molecule has 2 unspecified atom stereocenters. The van der Waals surface area contributed by atoms with E-state index in [-0.39, 0.29) is 0 Å². The first-order valence-corrected chi connectivity index (χ1v) is 6.30. The molecule has 1 aromatic rings. The van der Waals surface area contributed by atoms with Crippen molar-refractivity contribution in [3.63, 3.8) is 0 Å². The fourth-order valence-corrected chi connectivity index (χ4v) is 2.22. The summed E-state index contributed by atoms with van der Waals surface area (Å²) in [5, 5.41) is 3.49. The lowest BCUT2D eigenvalue weighted by atomic mass is 10.0. The van der Waals surface area contributed by atoms with Crippen LogP contribution in [0.2, 0.25) is 0 Å². The fraction of sp³-hybridized carbons (Fsp3) is 0.571. The van der Waals surface area contributed by atoms with Gasteiger partial charge in [-0.05, 0) is 13.3 Å². The fourth-order valence-electron chi connectivity index (χ4n) is 2.22. The van der Waals surface area contributed by atoms with Gasteiger partial charge in [0.1, 0.15) is 11.5 Å². The summed E-state index contributed by atoms with van der Waals surface area (Å²) in [4.78, 5) is 0. The zero-order valence-corrected chi connectivity index (χ0v) is 11.2. The molecular formula is C14H21NO3. The van der Waals surface area contributed by atoms with Gasteiger partial charge in [0.15, 0.2) is 0 Å². The van der Waals surface area contributed by atoms with Crippen molar-refractivity contribution in [2.24, 2.45) is 5.92 Å². The second-order valence-corrected chi connectivity index (χ2v) is 4.66. The van der Waals surface area contributed by atoms with E-state index in [0.717, 1.165) is 36.8 Å². The predicted octanol–water partition coefficient (Wildman–Crippen LogP) is 2.54. The van der Waals surface area contributed by atoms with E-state index in [9.17, 15) is 0 Å². The van der Waals surface area contributed by atoms with Crippen LogP contribution in [0.4, 0.5) is 5.69 Å². The Morgan fingerprint density at radius 3 is 2.39 bits per heavy atom. The van der Waals surface area contributed by atoms with Crippen molar-refractivity contribution in [1.82, 2.24) is 0 Å². The van der Waals surface area contributed by atoms with Gasteiger partial charge in [0.25, 0.3) is 0 Å². The maximum absolute atomic E-state index is 5.42. The SMILES string of the molecule is COc1cc(NC(C)C2CCOC2)cc(OC)c1. The Morgan fingerprint density at radius 2 is 1.89 bits per heavy atom. The number of hydrogen-bond acceptors (Lipinski definition) is 4. The van der Waals surface area contributed by atoms with Crippen LogP contribution in [0, 0.1) is 5.92 Å². The molecule has 2 atom stereocenters. The Morgan fingerprint density at radius 1 is 1.22 bits per heavy atom. The summed E-state index contributed by atoms with van der Waals surface area (Å²) in [5.41, 5.74) is 1.02. The maximum atomic E-state index is 5.42. The Labute approximate surface area is 108 Å². The van der Waals surface area contributed by atoms with Crippen LogP contribution < -0.4 is 14.8 Å². The Kier molecular flexibility index (Phi) is 4.31. The molecule has 18 heavy (non-hydrogen) atoms. The third-order valence-corrected chi connectivity index (χ3v) is 3.42. The summed E-state index contributed by atoms with van der Waals surface area (Å²) in [6.07, 6.45) is 1.12. The molecule has 1 aliphatic heterocycles. The smallest absolute Gasteiger partial charge is 0.124 e. The van der Waals surface area contributed by atoms with Crippen molar-refractivity contribution in [2.75, 3.05) is 32.8 Å². The Bertz CT molecular complexity index is 366. The summed E-state index contributed by atoms with van der Waals surface area (Å²) in [7, 11) is 3.32. The minimum Gasteiger partial charge on any atom is -0.497 e. The lowest BCUT2D eigenvalue weighted by molar-refractivity contribution is 0.183. The van der Waals surface area contributed by atoms with Crippen molar-refractivity contribution >= 4 is 5.69 Å². The van der Waals surface area contributed by atoms with Gasteiger partial charge in [-0.25, -0.2) is 0 Å². The number of nitrogens with one attached hydrogen (secondary N) is 1. The van der Waals surface area contributed by atoms with Crippen LogP contribution in [0.3, 0.4) is 0 Å². The molecule has 0 radical (unpaired) electrons. The second-order valence-electron chi connectivity index (χ2n) is 4.66. The van der Waals surface area contributed by atoms with Crippen LogP contribution in [-0.4, -0.2) is 33.5 Å². The lowest BCUT2D eigenvalue weighted by Crippen LogP contribution is -2.26. The standard InChI is InChI=1S/C14H21NO3/c1-10(11-4-5-18-9-11)15-12-6-13(16-2)8-14(7-12)17-3/h6-8,10-11,15H,4-5,9H2,1-3H3. The summed E-state index contributed by atoms with van der Waals surface area (Å²) in [6, 6.07) is 6.21. The minimum absolute atomic E-state index is 0.379. The highest BCUT2D eigenvalue weighted by Gasteiger charge is 2.22. The van der Waals surface area contributed by atoms with Crippen LogP contribution in [-0.2, 0) is 4.74 Å². The molecule has 0 spiro atoms. The van der Waals surface area contributed by atoms with Gasteiger partial charge in [0.2, 0.25) is 0 Å². The van der Waals surface area contributed by atoms with E-state index in [1.807, 2.05) is 18.2 Å². The monoisotopic (exact) mass is 251 g/mol. The molecule has 0 amide bonds. The average molecular weight is 251 g/mol. The van der Waals surface area contributed by atoms with Crippen LogP contribution in [0.5, 0.6) is 11.5 Å². The molecule has 0 aliphatic carbocycles. The normalized spacial score (nSPS) is 20.5. The second kappa shape index (κ2) is 5.96. The molecule has 1 aromatic carbocycles. The summed E-state index contributed by atoms with van der Waals surface area (Å²) in [6.45, 7) is 3.90. The van der Waals surface area contributed by atoms with Crippen molar-refractivity contribution in [3.05, 3.63) is 18.2 Å². The highest BCUT2D eigenvalue weighted by molar-refractivity contribution is 5.54. The first-order valence-electron chi connectivity index (χ1n) is 6.30. The van der Waals surface area contributed by atoms with Gasteiger partial charge >= 0.3 is 0 Å². The van der Waals surface area contributed by atoms with E-state index in [1.165, 1.54) is 0 Å². The highest BCUT2D eigenvalue weighted by atomic mass is 16.5. The quantitative estimate of drug-likeness (QED) is 0.873. The molecule has 1 heterocycles. The number of ether oxygens (including phenoxy) is 3. The molecule has 1 saturated heterocycles. The van der Waals surface area contributed by atoms with Gasteiger partial charge in [-0.3, -0.25) is 0 Å². The van der Waals surface area contributed by atoms with E-state index in [1.54, 1.807) is 14.2 Å². The van der Waals surface area contributed by atoms with Crippen molar-refractivity contribution in [2.45, 2.75) is 19.4 Å². The minimum atomic E-state index is 0.379. The number of rotatable bonds is 5. The topological polar surface area (TPSA) is 39.7 Å². The van der Waals surface area contributed by atoms with Crippen molar-refractivity contribution in [3.8, 4) is 11.5 Å². The van der Waals surface area contributed by atoms with Gasteiger partial charge in [-0.2, -0.15) is 0 Å². The molecule has 0 aromatic heterocycles. The van der Waals surface area contributed by atoms with Crippen LogP contribution in [0.1, 0.15) is 13.3 Å². The maximum Gasteiger partial charge on any atom is 0.124 e. The zero-order valence-electron chi connectivity index (χ0n) is 11.2. The molecule has 4 heteroatoms. The Balaban J connectivity index is 2.07. The molecule has 100 valence electrons. The van der Waals surface area contributed by atoms with Gasteiger partial charge < -0.3 is 19.5 Å². The summed E-state index contributed by atoms with van der Waals surface area (Å²) < 4.78 is 15.9. The lowest BCUT2D eigenvalue weighted by Gasteiger charge is -2.21. The molecular weight excluding hydrogens is 230 g/mol. The third kappa shape index (κ3) is 3.07. The third-order valence-electron chi connectivity index (χ3n) is 3.42. The van der Waals surface area contributed by atoms with E-state index >= 15 is 0 Å². The Hall–Kier alpha value is -1.42. The van der Waals surface area contributed by atoms with Gasteiger partial charge in [0.05, 0.1) is 20.8 Å². The highest BCUT2D eigenvalue weighted by Crippen LogP contribution is 2.28. The van der Waals surface area contributed by atoms with E-state index in [4.69, 9.17) is 14.2 Å². The number of methoxy groups -OCH3 is 2. The first-order chi connectivity index (χ1) is 8.72. The zero-order chi connectivity index (χ0) is 13.0. The van der Waals surface area contributed by atoms with E-state index < -0.39 is 0 Å². The molecule has 2 rings (SSSR count). The summed E-state index contributed by atoms with van der Waals surface area (Å²) in [5.74, 6) is 2.17. The van der Waals surface area contributed by atoms with Gasteiger partial charge in [-0.15, -0.1) is 0 Å². The van der Waals surface area contributed by atoms with E-state index in [0.29, 0.717) is 12.0 Å². The van der Waals surface area contributed by atoms with Gasteiger partial charge in [-0.1, -0.05) is 0 Å². The van der Waals surface area contributed by atoms with Crippen molar-refractivity contribution < 1.29 is 14.2 Å². The number of anilines is 1. The molecule has 1 aliphatic rings. The molecule has 1 fully saturated rings. The largest absolute Gasteiger partial charge is 0.497 e. The molecule has 4 nitrogen and oxygen atoms in total. The predicted molar refractivity (Wildman–Crippen MR) is 71.6 cm³/mol. The van der Waals surface area contributed by atoms with Gasteiger partial charge in [0, 0.05) is 42.5 Å². The molecule has 1 N–H and O–H groups in total. The van der Waals surface area contributed by atoms with Crippen LogP contribution in [0.25, 0.3) is 0 Å². The first kappa shape index (κ1) is 13.0. The average Bonchev–Trinajstić information content (AvgIpc) is 2.92. The van der Waals surface area contributed by atoms with Crippen molar-refractivity contribution in [1.29, 1.82) is 0 Å². The van der Waals surface area contributed by atoms with E-state index in [2.05, 4.69) is 12.2 Å².